The fourth-order valence-corrected chi connectivity index (χ4v) is 3.47. The number of hydrogen-bond donors (Lipinski definition) is 1. The Bertz CT molecular complexity index is 306. The van der Waals surface area contributed by atoms with Gasteiger partial charge in [-0.15, -0.1) is 0 Å². The van der Waals surface area contributed by atoms with Gasteiger partial charge in [0.05, 0.1) is 0 Å². The molecule has 122 valence electrons. The van der Waals surface area contributed by atoms with Crippen molar-refractivity contribution in [3.63, 3.8) is 0 Å². The molecule has 2 heterocycles. The molecule has 0 aromatic carbocycles. The number of hydrogen-bond acceptors (Lipinski definition) is 3. The zero-order valence-electron chi connectivity index (χ0n) is 14.4. The molecule has 2 aliphatic heterocycles. The van der Waals surface area contributed by atoms with Crippen LogP contribution < -0.4 is 5.32 Å². The molecule has 3 nitrogen and oxygen atoms in total. The van der Waals surface area contributed by atoms with Crippen molar-refractivity contribution in [3.8, 4) is 0 Å². The second-order valence-corrected chi connectivity index (χ2v) is 7.35. The number of nitrogens with zero attached hydrogens (tertiary/aromatic N) is 2. The number of allylic oxidation sites excluding steroid dienone is 1. The van der Waals surface area contributed by atoms with E-state index in [4.69, 9.17) is 0 Å². The zero-order valence-corrected chi connectivity index (χ0v) is 14.4. The quantitative estimate of drug-likeness (QED) is 0.760. The number of likely N-dealkylation sites (tertiary alicyclic amines) is 2. The van der Waals surface area contributed by atoms with Crippen LogP contribution in [0.25, 0.3) is 0 Å². The first-order valence-corrected chi connectivity index (χ1v) is 8.91. The van der Waals surface area contributed by atoms with Crippen LogP contribution >= 0.6 is 0 Å². The molecule has 0 radical (unpaired) electrons. The predicted octanol–water partition coefficient (Wildman–Crippen LogP) is 2.74. The van der Waals surface area contributed by atoms with Gasteiger partial charge in [0.15, 0.2) is 0 Å². The number of piperidine rings is 2. The van der Waals surface area contributed by atoms with Crippen molar-refractivity contribution in [2.45, 2.75) is 52.0 Å². The summed E-state index contributed by atoms with van der Waals surface area (Å²) in [5.41, 5.74) is 1.44. The lowest BCUT2D eigenvalue weighted by atomic mass is 9.93. The molecule has 0 saturated carbocycles. The van der Waals surface area contributed by atoms with Crippen molar-refractivity contribution in [2.24, 2.45) is 5.92 Å². The lowest BCUT2D eigenvalue weighted by Crippen LogP contribution is -2.43. The summed E-state index contributed by atoms with van der Waals surface area (Å²) < 4.78 is 0. The summed E-state index contributed by atoms with van der Waals surface area (Å²) in [5.74, 6) is 0.964. The second-order valence-electron chi connectivity index (χ2n) is 7.35. The third-order valence-corrected chi connectivity index (χ3v) is 5.17. The highest BCUT2D eigenvalue weighted by atomic mass is 15.1. The Morgan fingerprint density at radius 1 is 1.05 bits per heavy atom. The molecule has 2 aliphatic rings. The maximum atomic E-state index is 3.81. The first-order chi connectivity index (χ1) is 10.1. The Labute approximate surface area is 131 Å². The fourth-order valence-electron chi connectivity index (χ4n) is 3.47. The monoisotopic (exact) mass is 293 g/mol. The molecule has 0 amide bonds. The third kappa shape index (κ3) is 6.50. The molecule has 0 bridgehead atoms. The Kier molecular flexibility index (Phi) is 7.21. The van der Waals surface area contributed by atoms with E-state index in [1.54, 1.807) is 0 Å². The van der Waals surface area contributed by atoms with Crippen LogP contribution in [0, 0.1) is 5.92 Å². The lowest BCUT2D eigenvalue weighted by Gasteiger charge is -2.33. The van der Waals surface area contributed by atoms with E-state index in [0.717, 1.165) is 18.5 Å². The summed E-state index contributed by atoms with van der Waals surface area (Å²) in [6, 6.07) is 0.763. The Morgan fingerprint density at radius 3 is 2.33 bits per heavy atom. The van der Waals surface area contributed by atoms with E-state index in [2.05, 4.69) is 42.1 Å². The van der Waals surface area contributed by atoms with Gasteiger partial charge in [0.25, 0.3) is 0 Å². The Hall–Kier alpha value is -0.380. The molecule has 2 rings (SSSR count). The van der Waals surface area contributed by atoms with E-state index < -0.39 is 0 Å². The molecule has 0 aromatic rings. The largest absolute Gasteiger partial charge is 0.314 e. The molecule has 0 spiro atoms. The summed E-state index contributed by atoms with van der Waals surface area (Å²) in [6.07, 6.45) is 9.19. The van der Waals surface area contributed by atoms with Crippen molar-refractivity contribution in [2.75, 3.05) is 46.3 Å². The highest BCUT2D eigenvalue weighted by Gasteiger charge is 2.19. The van der Waals surface area contributed by atoms with Crippen LogP contribution in [0.5, 0.6) is 0 Å². The molecule has 0 aromatic heterocycles. The van der Waals surface area contributed by atoms with Crippen LogP contribution in [-0.2, 0) is 0 Å². The van der Waals surface area contributed by atoms with E-state index in [-0.39, 0.29) is 0 Å². The van der Waals surface area contributed by atoms with Crippen LogP contribution in [-0.4, -0.2) is 62.2 Å². The zero-order chi connectivity index (χ0) is 15.1. The number of rotatable bonds is 6. The highest BCUT2D eigenvalue weighted by Crippen LogP contribution is 2.19. The molecular formula is C18H35N3. The summed E-state index contributed by atoms with van der Waals surface area (Å²) in [7, 11) is 2.25. The predicted molar refractivity (Wildman–Crippen MR) is 91.7 cm³/mol. The standard InChI is InChI=1S/C18H35N3/c1-16(2)5-13-21-14-8-18(9-15-21)19-10-4-17-6-11-20(3)12-7-17/h5,17-19H,4,6-15H2,1-3H3. The summed E-state index contributed by atoms with van der Waals surface area (Å²) in [6.45, 7) is 11.9. The molecule has 0 atom stereocenters. The molecule has 2 saturated heterocycles. The van der Waals surface area contributed by atoms with Gasteiger partial charge in [-0.1, -0.05) is 11.6 Å². The maximum Gasteiger partial charge on any atom is 0.0165 e. The Balaban J connectivity index is 1.54. The van der Waals surface area contributed by atoms with Crippen LogP contribution in [0.2, 0.25) is 0 Å². The van der Waals surface area contributed by atoms with Gasteiger partial charge in [0, 0.05) is 12.6 Å². The van der Waals surface area contributed by atoms with Gasteiger partial charge < -0.3 is 10.2 Å². The minimum Gasteiger partial charge on any atom is -0.314 e. The van der Waals surface area contributed by atoms with Crippen molar-refractivity contribution in [1.29, 1.82) is 0 Å². The average molecular weight is 293 g/mol. The molecule has 1 N–H and O–H groups in total. The van der Waals surface area contributed by atoms with Crippen LogP contribution in [0.1, 0.15) is 46.0 Å². The SMILES string of the molecule is CC(C)=CCN1CCC(NCCC2CCN(C)CC2)CC1. The average Bonchev–Trinajstić information content (AvgIpc) is 2.48. The van der Waals surface area contributed by atoms with Gasteiger partial charge in [-0.05, 0) is 91.6 Å². The molecule has 2 fully saturated rings. The van der Waals surface area contributed by atoms with Crippen molar-refractivity contribution >= 4 is 0 Å². The fraction of sp³-hybridized carbons (Fsp3) is 0.889. The van der Waals surface area contributed by atoms with Gasteiger partial charge >= 0.3 is 0 Å². The van der Waals surface area contributed by atoms with E-state index in [9.17, 15) is 0 Å². The minimum atomic E-state index is 0.763. The van der Waals surface area contributed by atoms with E-state index >= 15 is 0 Å². The maximum absolute atomic E-state index is 3.81. The molecule has 21 heavy (non-hydrogen) atoms. The van der Waals surface area contributed by atoms with Crippen molar-refractivity contribution in [3.05, 3.63) is 11.6 Å². The second kappa shape index (κ2) is 8.92. The number of nitrogens with one attached hydrogen (secondary N) is 1. The van der Waals surface area contributed by atoms with Gasteiger partial charge in [-0.3, -0.25) is 4.90 Å². The first kappa shape index (κ1) is 17.0. The topological polar surface area (TPSA) is 18.5 Å². The van der Waals surface area contributed by atoms with Crippen LogP contribution in [0.15, 0.2) is 11.6 Å². The van der Waals surface area contributed by atoms with Gasteiger partial charge in [0.2, 0.25) is 0 Å². The highest BCUT2D eigenvalue weighted by molar-refractivity contribution is 4.95. The van der Waals surface area contributed by atoms with E-state index in [1.165, 1.54) is 70.4 Å². The van der Waals surface area contributed by atoms with Gasteiger partial charge in [-0.25, -0.2) is 0 Å². The lowest BCUT2D eigenvalue weighted by molar-refractivity contribution is 0.197. The molecule has 0 aliphatic carbocycles. The minimum absolute atomic E-state index is 0.763. The van der Waals surface area contributed by atoms with Crippen LogP contribution in [0.4, 0.5) is 0 Å². The third-order valence-electron chi connectivity index (χ3n) is 5.17. The first-order valence-electron chi connectivity index (χ1n) is 8.91. The summed E-state index contributed by atoms with van der Waals surface area (Å²) >= 11 is 0. The smallest absolute Gasteiger partial charge is 0.0165 e. The Morgan fingerprint density at radius 2 is 1.71 bits per heavy atom. The molecular weight excluding hydrogens is 258 g/mol. The van der Waals surface area contributed by atoms with E-state index in [0.29, 0.717) is 0 Å². The van der Waals surface area contributed by atoms with E-state index in [1.807, 2.05) is 0 Å². The molecule has 3 heteroatoms. The van der Waals surface area contributed by atoms with Crippen molar-refractivity contribution < 1.29 is 0 Å². The van der Waals surface area contributed by atoms with Crippen molar-refractivity contribution in [1.82, 2.24) is 15.1 Å². The van der Waals surface area contributed by atoms with Gasteiger partial charge in [0.1, 0.15) is 0 Å². The summed E-state index contributed by atoms with van der Waals surface area (Å²) in [4.78, 5) is 5.05. The summed E-state index contributed by atoms with van der Waals surface area (Å²) in [5, 5.41) is 3.81. The van der Waals surface area contributed by atoms with Gasteiger partial charge in [-0.2, -0.15) is 0 Å². The van der Waals surface area contributed by atoms with Crippen LogP contribution in [0.3, 0.4) is 0 Å². The molecule has 0 unspecified atom stereocenters. The normalized spacial score (nSPS) is 23.4.